The Kier molecular flexibility index (Phi) is 4.30. The molecule has 0 saturated heterocycles. The number of aryl methyl sites for hydroxylation is 1. The maximum atomic E-state index is 2.20. The third-order valence-corrected chi connectivity index (χ3v) is 4.41. The Morgan fingerprint density at radius 1 is 1.00 bits per heavy atom. The van der Waals surface area contributed by atoms with Crippen LogP contribution in [0.2, 0.25) is 0 Å². The molecule has 0 aliphatic carbocycles. The van der Waals surface area contributed by atoms with Crippen LogP contribution in [0, 0.1) is 0 Å². The normalized spacial score (nSPS) is 10.4. The van der Waals surface area contributed by atoms with E-state index >= 15 is 0 Å². The van der Waals surface area contributed by atoms with Crippen LogP contribution in [-0.2, 0) is 6.42 Å². The zero-order valence-corrected chi connectivity index (χ0v) is 10.2. The van der Waals surface area contributed by atoms with Crippen LogP contribution >= 0.6 is 23.1 Å². The van der Waals surface area contributed by atoms with Crippen molar-refractivity contribution < 1.29 is 0 Å². The minimum Gasteiger partial charge on any atom is -0.137 e. The average Bonchev–Trinajstić information content (AvgIpc) is 2.79. The van der Waals surface area contributed by atoms with Gasteiger partial charge in [0.05, 0.1) is 4.21 Å². The summed E-state index contributed by atoms with van der Waals surface area (Å²) in [5.41, 5.74) is 1.45. The van der Waals surface area contributed by atoms with E-state index in [4.69, 9.17) is 0 Å². The van der Waals surface area contributed by atoms with Gasteiger partial charge in [0.25, 0.3) is 0 Å². The number of benzene rings is 1. The number of thiophene rings is 1. The van der Waals surface area contributed by atoms with Gasteiger partial charge in [-0.2, -0.15) is 0 Å². The molecule has 0 atom stereocenters. The number of rotatable bonds is 5. The van der Waals surface area contributed by atoms with Crippen LogP contribution < -0.4 is 0 Å². The van der Waals surface area contributed by atoms with Crippen LogP contribution in [0.4, 0.5) is 0 Å². The van der Waals surface area contributed by atoms with E-state index in [1.807, 2.05) is 23.1 Å². The van der Waals surface area contributed by atoms with Crippen molar-refractivity contribution in [3.63, 3.8) is 0 Å². The molecule has 0 bridgehead atoms. The molecule has 78 valence electrons. The molecule has 15 heavy (non-hydrogen) atoms. The largest absolute Gasteiger partial charge is 0.137 e. The predicted octanol–water partition coefficient (Wildman–Crippen LogP) is 4.47. The minimum atomic E-state index is 1.19. The predicted molar refractivity (Wildman–Crippen MR) is 69.8 cm³/mol. The summed E-state index contributed by atoms with van der Waals surface area (Å²) >= 11 is 3.80. The number of hydrogen-bond donors (Lipinski definition) is 0. The lowest BCUT2D eigenvalue weighted by molar-refractivity contribution is 0.934. The highest BCUT2D eigenvalue weighted by atomic mass is 32.2. The van der Waals surface area contributed by atoms with Gasteiger partial charge in [-0.25, -0.2) is 0 Å². The molecule has 2 heteroatoms. The molecule has 0 fully saturated rings. The van der Waals surface area contributed by atoms with E-state index < -0.39 is 0 Å². The molecule has 0 amide bonds. The molecule has 0 nitrogen and oxygen atoms in total. The first-order valence-electron chi connectivity index (χ1n) is 5.15. The average molecular weight is 234 g/mol. The first-order chi connectivity index (χ1) is 7.45. The molecule has 0 aliphatic rings. The lowest BCUT2D eigenvalue weighted by atomic mass is 10.1. The van der Waals surface area contributed by atoms with Gasteiger partial charge < -0.3 is 0 Å². The zero-order valence-electron chi connectivity index (χ0n) is 8.56. The lowest BCUT2D eigenvalue weighted by Gasteiger charge is -2.00. The number of hydrogen-bond acceptors (Lipinski definition) is 2. The summed E-state index contributed by atoms with van der Waals surface area (Å²) in [6.07, 6.45) is 2.45. The van der Waals surface area contributed by atoms with Crippen LogP contribution in [0.15, 0.2) is 52.1 Å². The maximum Gasteiger partial charge on any atom is 0.0598 e. The monoisotopic (exact) mass is 234 g/mol. The van der Waals surface area contributed by atoms with Crippen LogP contribution in [0.25, 0.3) is 0 Å². The molecule has 0 unspecified atom stereocenters. The summed E-state index contributed by atoms with van der Waals surface area (Å²) in [4.78, 5) is 0. The van der Waals surface area contributed by atoms with Crippen LogP contribution in [0.5, 0.6) is 0 Å². The summed E-state index contributed by atoms with van der Waals surface area (Å²) in [5, 5.41) is 2.14. The van der Waals surface area contributed by atoms with Crippen molar-refractivity contribution in [1.29, 1.82) is 0 Å². The van der Waals surface area contributed by atoms with Gasteiger partial charge in [0, 0.05) is 0 Å². The van der Waals surface area contributed by atoms with Gasteiger partial charge in [0.1, 0.15) is 0 Å². The van der Waals surface area contributed by atoms with Crippen LogP contribution in [0.1, 0.15) is 12.0 Å². The van der Waals surface area contributed by atoms with Crippen molar-refractivity contribution in [1.82, 2.24) is 0 Å². The highest BCUT2D eigenvalue weighted by molar-refractivity contribution is 8.01. The van der Waals surface area contributed by atoms with Crippen molar-refractivity contribution in [2.45, 2.75) is 17.1 Å². The molecule has 0 radical (unpaired) electrons. The van der Waals surface area contributed by atoms with Gasteiger partial charge in [-0.3, -0.25) is 0 Å². The summed E-state index contributed by atoms with van der Waals surface area (Å²) in [6.45, 7) is 0. The topological polar surface area (TPSA) is 0 Å². The van der Waals surface area contributed by atoms with E-state index in [2.05, 4.69) is 47.8 Å². The maximum absolute atomic E-state index is 2.20. The lowest BCUT2D eigenvalue weighted by Crippen LogP contribution is -1.86. The molecule has 0 saturated carbocycles. The quantitative estimate of drug-likeness (QED) is 0.543. The standard InChI is InChI=1S/C13H14S2/c1-2-6-12(7-3-1)8-4-10-14-13-9-5-11-15-13/h1-3,5-7,9,11H,4,8,10H2. The van der Waals surface area contributed by atoms with Crippen molar-refractivity contribution in [3.8, 4) is 0 Å². The molecule has 1 aromatic carbocycles. The molecule has 0 spiro atoms. The fourth-order valence-electron chi connectivity index (χ4n) is 1.44. The van der Waals surface area contributed by atoms with Crippen LogP contribution in [0.3, 0.4) is 0 Å². The third-order valence-electron chi connectivity index (χ3n) is 2.19. The first kappa shape index (κ1) is 10.8. The molecular formula is C13H14S2. The molecule has 1 heterocycles. The summed E-state index contributed by atoms with van der Waals surface area (Å²) in [6, 6.07) is 15.0. The summed E-state index contributed by atoms with van der Waals surface area (Å²) in [7, 11) is 0. The molecule has 0 N–H and O–H groups in total. The van der Waals surface area contributed by atoms with Crippen molar-refractivity contribution >= 4 is 23.1 Å². The van der Waals surface area contributed by atoms with Gasteiger partial charge in [0.15, 0.2) is 0 Å². The van der Waals surface area contributed by atoms with Crippen molar-refractivity contribution in [2.24, 2.45) is 0 Å². The first-order valence-corrected chi connectivity index (χ1v) is 7.02. The molecule has 2 aromatic rings. The third kappa shape index (κ3) is 3.73. The Morgan fingerprint density at radius 2 is 1.87 bits per heavy atom. The zero-order chi connectivity index (χ0) is 10.3. The van der Waals surface area contributed by atoms with Crippen molar-refractivity contribution in [2.75, 3.05) is 5.75 Å². The van der Waals surface area contributed by atoms with E-state index in [1.54, 1.807) is 0 Å². The molecular weight excluding hydrogens is 220 g/mol. The fourth-order valence-corrected chi connectivity index (χ4v) is 3.24. The Labute approximate surface area is 99.3 Å². The molecule has 1 aromatic heterocycles. The van der Waals surface area contributed by atoms with Gasteiger partial charge in [-0.15, -0.1) is 23.1 Å². The fraction of sp³-hybridized carbons (Fsp3) is 0.231. The minimum absolute atomic E-state index is 1.19. The van der Waals surface area contributed by atoms with E-state index in [0.29, 0.717) is 0 Å². The Bertz CT molecular complexity index is 365. The summed E-state index contributed by atoms with van der Waals surface area (Å²) in [5.74, 6) is 1.22. The smallest absolute Gasteiger partial charge is 0.0598 e. The van der Waals surface area contributed by atoms with Crippen molar-refractivity contribution in [3.05, 3.63) is 53.4 Å². The Hall–Kier alpha value is -0.730. The summed E-state index contributed by atoms with van der Waals surface area (Å²) < 4.78 is 1.43. The van der Waals surface area contributed by atoms with Gasteiger partial charge in [-0.1, -0.05) is 36.4 Å². The number of thioether (sulfide) groups is 1. The van der Waals surface area contributed by atoms with E-state index in [-0.39, 0.29) is 0 Å². The van der Waals surface area contributed by atoms with E-state index in [1.165, 1.54) is 28.4 Å². The molecule has 0 aliphatic heterocycles. The van der Waals surface area contributed by atoms with Gasteiger partial charge in [0.2, 0.25) is 0 Å². The van der Waals surface area contributed by atoms with Gasteiger partial charge in [-0.05, 0) is 35.6 Å². The second-order valence-electron chi connectivity index (χ2n) is 3.37. The second kappa shape index (κ2) is 5.99. The molecule has 2 rings (SSSR count). The Balaban J connectivity index is 1.68. The van der Waals surface area contributed by atoms with E-state index in [9.17, 15) is 0 Å². The highest BCUT2D eigenvalue weighted by Gasteiger charge is 1.95. The Morgan fingerprint density at radius 3 is 2.60 bits per heavy atom. The van der Waals surface area contributed by atoms with Crippen LogP contribution in [-0.4, -0.2) is 5.75 Å². The van der Waals surface area contributed by atoms with Gasteiger partial charge >= 0.3 is 0 Å². The van der Waals surface area contributed by atoms with E-state index in [0.717, 1.165) is 0 Å². The second-order valence-corrected chi connectivity index (χ2v) is 5.71. The SMILES string of the molecule is c1ccc(CCCSc2cccs2)cc1. The highest BCUT2D eigenvalue weighted by Crippen LogP contribution is 2.24.